The van der Waals surface area contributed by atoms with Crippen molar-refractivity contribution in [3.63, 3.8) is 0 Å². The third kappa shape index (κ3) is 6.34. The number of hydrogen-bond donors (Lipinski definition) is 0. The molecule has 3 heteroatoms. The van der Waals surface area contributed by atoms with Gasteiger partial charge in [-0.05, 0) is 5.56 Å². The van der Waals surface area contributed by atoms with Crippen LogP contribution in [0.1, 0.15) is 19.4 Å². The Morgan fingerprint density at radius 3 is 1.92 bits per heavy atom. The van der Waals surface area contributed by atoms with Crippen molar-refractivity contribution in [3.05, 3.63) is 35.9 Å². The lowest BCUT2D eigenvalue weighted by molar-refractivity contribution is 0.601. The zero-order valence-corrected chi connectivity index (χ0v) is 9.14. The van der Waals surface area contributed by atoms with Gasteiger partial charge in [0, 0.05) is 6.26 Å². The van der Waals surface area contributed by atoms with E-state index < -0.39 is 9.84 Å². The van der Waals surface area contributed by atoms with Crippen molar-refractivity contribution in [1.29, 1.82) is 0 Å². The molecule has 0 spiro atoms. The van der Waals surface area contributed by atoms with Gasteiger partial charge in [0.1, 0.15) is 0 Å². The lowest BCUT2D eigenvalue weighted by Gasteiger charge is -1.96. The molecule has 0 aromatic heterocycles. The summed E-state index contributed by atoms with van der Waals surface area (Å²) in [5, 5.41) is 0. The molecule has 0 radical (unpaired) electrons. The first-order valence-electron chi connectivity index (χ1n) is 4.29. The van der Waals surface area contributed by atoms with Gasteiger partial charge in [-0.15, -0.1) is 0 Å². The molecule has 0 saturated carbocycles. The molecule has 0 bridgehead atoms. The minimum atomic E-state index is -2.88. The standard InChI is InChI=1S/C8H10O2S.C2H6/c1-11(9,10)7-8-5-3-2-4-6-8;1-2/h2-6H,7H2,1H3;1-2H3. The molecule has 1 rings (SSSR count). The molecule has 2 nitrogen and oxygen atoms in total. The summed E-state index contributed by atoms with van der Waals surface area (Å²) in [6.07, 6.45) is 1.24. The fraction of sp³-hybridized carbons (Fsp3) is 0.400. The fourth-order valence-corrected chi connectivity index (χ4v) is 1.67. The van der Waals surface area contributed by atoms with Gasteiger partial charge in [-0.3, -0.25) is 0 Å². The zero-order valence-electron chi connectivity index (χ0n) is 8.32. The molecule has 0 atom stereocenters. The predicted octanol–water partition coefficient (Wildman–Crippen LogP) is 2.26. The lowest BCUT2D eigenvalue weighted by atomic mass is 10.2. The van der Waals surface area contributed by atoms with Crippen LogP contribution in [-0.2, 0) is 15.6 Å². The number of rotatable bonds is 2. The summed E-state index contributed by atoms with van der Waals surface area (Å²) in [6, 6.07) is 9.15. The molecule has 0 aliphatic rings. The molecule has 0 unspecified atom stereocenters. The molecule has 0 saturated heterocycles. The van der Waals surface area contributed by atoms with E-state index in [2.05, 4.69) is 0 Å². The van der Waals surface area contributed by atoms with Crippen molar-refractivity contribution < 1.29 is 8.42 Å². The topological polar surface area (TPSA) is 34.1 Å². The van der Waals surface area contributed by atoms with E-state index in [1.807, 2.05) is 32.0 Å². The molecular weight excluding hydrogens is 184 g/mol. The summed E-state index contributed by atoms with van der Waals surface area (Å²) in [6.45, 7) is 4.00. The second-order valence-corrected chi connectivity index (χ2v) is 4.70. The molecule has 74 valence electrons. The van der Waals surface area contributed by atoms with Gasteiger partial charge in [0.15, 0.2) is 9.84 Å². The van der Waals surface area contributed by atoms with Crippen LogP contribution in [-0.4, -0.2) is 14.7 Å². The third-order valence-electron chi connectivity index (χ3n) is 1.27. The van der Waals surface area contributed by atoms with Crippen molar-refractivity contribution in [3.8, 4) is 0 Å². The Morgan fingerprint density at radius 1 is 1.08 bits per heavy atom. The summed E-state index contributed by atoms with van der Waals surface area (Å²) < 4.78 is 21.6. The van der Waals surface area contributed by atoms with Crippen molar-refractivity contribution in [1.82, 2.24) is 0 Å². The number of hydrogen-bond acceptors (Lipinski definition) is 2. The summed E-state index contributed by atoms with van der Waals surface area (Å²) in [5.74, 6) is 0.133. The maximum atomic E-state index is 10.8. The second-order valence-electron chi connectivity index (χ2n) is 2.56. The van der Waals surface area contributed by atoms with Crippen molar-refractivity contribution in [2.24, 2.45) is 0 Å². The Bertz CT molecular complexity index is 314. The molecule has 0 N–H and O–H groups in total. The van der Waals surface area contributed by atoms with Crippen LogP contribution in [0.2, 0.25) is 0 Å². The normalized spacial score (nSPS) is 10.1. The largest absolute Gasteiger partial charge is 0.229 e. The van der Waals surface area contributed by atoms with Gasteiger partial charge in [-0.1, -0.05) is 44.2 Å². The summed E-state index contributed by atoms with van der Waals surface area (Å²) >= 11 is 0. The molecule has 1 aromatic carbocycles. The van der Waals surface area contributed by atoms with Crippen molar-refractivity contribution in [2.45, 2.75) is 19.6 Å². The fourth-order valence-electron chi connectivity index (χ4n) is 0.877. The Kier molecular flexibility index (Phi) is 5.39. The van der Waals surface area contributed by atoms with Gasteiger partial charge in [0.2, 0.25) is 0 Å². The Labute approximate surface area is 80.5 Å². The Morgan fingerprint density at radius 2 is 1.54 bits per heavy atom. The average molecular weight is 200 g/mol. The first-order valence-corrected chi connectivity index (χ1v) is 6.36. The molecular formula is C10H16O2S. The zero-order chi connectivity index (χ0) is 10.3. The Balaban J connectivity index is 0.000000671. The van der Waals surface area contributed by atoms with E-state index in [-0.39, 0.29) is 5.75 Å². The van der Waals surface area contributed by atoms with Crippen LogP contribution >= 0.6 is 0 Å². The second kappa shape index (κ2) is 5.75. The van der Waals surface area contributed by atoms with Crippen molar-refractivity contribution >= 4 is 9.84 Å². The first kappa shape index (κ1) is 12.2. The van der Waals surface area contributed by atoms with E-state index >= 15 is 0 Å². The minimum Gasteiger partial charge on any atom is -0.229 e. The monoisotopic (exact) mass is 200 g/mol. The van der Waals surface area contributed by atoms with Gasteiger partial charge in [-0.25, -0.2) is 8.42 Å². The SMILES string of the molecule is CC.CS(=O)(=O)Cc1ccccc1. The van der Waals surface area contributed by atoms with Crippen LogP contribution < -0.4 is 0 Å². The molecule has 13 heavy (non-hydrogen) atoms. The van der Waals surface area contributed by atoms with Gasteiger partial charge in [0.25, 0.3) is 0 Å². The van der Waals surface area contributed by atoms with E-state index in [1.54, 1.807) is 12.1 Å². The highest BCUT2D eigenvalue weighted by Gasteiger charge is 2.01. The number of sulfone groups is 1. The van der Waals surface area contributed by atoms with E-state index in [0.717, 1.165) is 5.56 Å². The highest BCUT2D eigenvalue weighted by atomic mass is 32.2. The highest BCUT2D eigenvalue weighted by molar-refractivity contribution is 7.89. The molecule has 0 heterocycles. The summed E-state index contributed by atoms with van der Waals surface area (Å²) in [5.41, 5.74) is 0.843. The van der Waals surface area contributed by atoms with E-state index in [1.165, 1.54) is 6.26 Å². The van der Waals surface area contributed by atoms with Crippen LogP contribution in [0.25, 0.3) is 0 Å². The lowest BCUT2D eigenvalue weighted by Crippen LogP contribution is -1.99. The van der Waals surface area contributed by atoms with Gasteiger partial charge in [-0.2, -0.15) is 0 Å². The van der Waals surface area contributed by atoms with E-state index in [0.29, 0.717) is 0 Å². The molecule has 0 aliphatic carbocycles. The maximum absolute atomic E-state index is 10.8. The third-order valence-corrected chi connectivity index (χ3v) is 2.13. The van der Waals surface area contributed by atoms with E-state index in [9.17, 15) is 8.42 Å². The maximum Gasteiger partial charge on any atom is 0.151 e. The predicted molar refractivity (Wildman–Crippen MR) is 56.3 cm³/mol. The summed E-state index contributed by atoms with van der Waals surface area (Å²) in [4.78, 5) is 0. The molecule has 1 aromatic rings. The molecule has 0 fully saturated rings. The highest BCUT2D eigenvalue weighted by Crippen LogP contribution is 2.02. The van der Waals surface area contributed by atoms with Gasteiger partial charge < -0.3 is 0 Å². The molecule has 0 aliphatic heterocycles. The van der Waals surface area contributed by atoms with Crippen LogP contribution in [0.4, 0.5) is 0 Å². The summed E-state index contributed by atoms with van der Waals surface area (Å²) in [7, 11) is -2.88. The van der Waals surface area contributed by atoms with Crippen LogP contribution in [0.3, 0.4) is 0 Å². The van der Waals surface area contributed by atoms with Gasteiger partial charge in [0.05, 0.1) is 5.75 Å². The van der Waals surface area contributed by atoms with E-state index in [4.69, 9.17) is 0 Å². The van der Waals surface area contributed by atoms with Crippen LogP contribution in [0, 0.1) is 0 Å². The van der Waals surface area contributed by atoms with Gasteiger partial charge >= 0.3 is 0 Å². The minimum absolute atomic E-state index is 0.133. The number of benzene rings is 1. The quantitative estimate of drug-likeness (QED) is 0.733. The molecule has 0 amide bonds. The smallest absolute Gasteiger partial charge is 0.151 e. The van der Waals surface area contributed by atoms with Crippen molar-refractivity contribution in [2.75, 3.05) is 6.26 Å². The first-order chi connectivity index (χ1) is 6.08. The Hall–Kier alpha value is -0.830. The van der Waals surface area contributed by atoms with Crippen LogP contribution in [0.5, 0.6) is 0 Å². The van der Waals surface area contributed by atoms with Crippen LogP contribution in [0.15, 0.2) is 30.3 Å². The average Bonchev–Trinajstić information content (AvgIpc) is 2.07.